The Labute approximate surface area is 137 Å². The zero-order valence-corrected chi connectivity index (χ0v) is 14.1. The smallest absolute Gasteiger partial charge is 0.308 e. The number of benzene rings is 1. The van der Waals surface area contributed by atoms with Crippen LogP contribution in [-0.4, -0.2) is 36.9 Å². The molecule has 0 spiro atoms. The van der Waals surface area contributed by atoms with Gasteiger partial charge in [-0.15, -0.1) is 11.3 Å². The largest absolute Gasteiger partial charge is 0.481 e. The van der Waals surface area contributed by atoms with Crippen molar-refractivity contribution in [2.45, 2.75) is 11.1 Å². The molecule has 1 N–H and O–H groups in total. The van der Waals surface area contributed by atoms with Crippen LogP contribution in [-0.2, 0) is 14.8 Å². The first-order valence-electron chi connectivity index (χ1n) is 6.72. The second-order valence-electron chi connectivity index (χ2n) is 5.44. The molecule has 1 aromatic carbocycles. The van der Waals surface area contributed by atoms with Crippen molar-refractivity contribution in [3.05, 3.63) is 29.3 Å². The number of sulfonamides is 1. The number of carbonyl (C=O) groups is 1. The normalized spacial score (nSPS) is 23.2. The van der Waals surface area contributed by atoms with E-state index in [0.29, 0.717) is 5.39 Å². The summed E-state index contributed by atoms with van der Waals surface area (Å²) in [6, 6.07) is 7.22. The number of hydrogen-bond donors (Lipinski definition) is 1. The quantitative estimate of drug-likeness (QED) is 0.914. The van der Waals surface area contributed by atoms with Gasteiger partial charge in [-0.2, -0.15) is 4.31 Å². The van der Waals surface area contributed by atoms with Crippen molar-refractivity contribution in [3.8, 4) is 0 Å². The van der Waals surface area contributed by atoms with Gasteiger partial charge in [0.25, 0.3) is 10.0 Å². The van der Waals surface area contributed by atoms with Crippen LogP contribution in [0.25, 0.3) is 10.1 Å². The van der Waals surface area contributed by atoms with Crippen LogP contribution < -0.4 is 0 Å². The van der Waals surface area contributed by atoms with Crippen molar-refractivity contribution in [1.29, 1.82) is 0 Å². The molecule has 1 saturated heterocycles. The summed E-state index contributed by atoms with van der Waals surface area (Å²) in [5.74, 6) is -1.86. The molecule has 2 heterocycles. The first-order valence-corrected chi connectivity index (χ1v) is 9.36. The number of aliphatic carboxylic acids is 1. The number of fused-ring (bicyclic) bond motifs is 1. The van der Waals surface area contributed by atoms with Crippen LogP contribution in [0.5, 0.6) is 0 Å². The molecule has 0 radical (unpaired) electrons. The third kappa shape index (κ3) is 2.42. The van der Waals surface area contributed by atoms with Crippen LogP contribution in [0.1, 0.15) is 6.92 Å². The maximum Gasteiger partial charge on any atom is 0.308 e. The van der Waals surface area contributed by atoms with Crippen molar-refractivity contribution >= 4 is 49.0 Å². The third-order valence-corrected chi connectivity index (χ3v) is 8.09. The Kier molecular flexibility index (Phi) is 3.92. The van der Waals surface area contributed by atoms with Crippen molar-refractivity contribution in [2.24, 2.45) is 11.8 Å². The third-order valence-electron chi connectivity index (χ3n) is 3.98. The Hall–Kier alpha value is -1.15. The molecule has 5 nitrogen and oxygen atoms in total. The maximum atomic E-state index is 12.8. The first kappa shape index (κ1) is 15.7. The predicted molar refractivity (Wildman–Crippen MR) is 85.9 cm³/mol. The van der Waals surface area contributed by atoms with E-state index in [1.54, 1.807) is 19.1 Å². The summed E-state index contributed by atoms with van der Waals surface area (Å²) < 4.78 is 27.7. The Morgan fingerprint density at radius 2 is 2.05 bits per heavy atom. The van der Waals surface area contributed by atoms with Gasteiger partial charge in [0.1, 0.15) is 0 Å². The van der Waals surface area contributed by atoms with Gasteiger partial charge in [-0.3, -0.25) is 4.79 Å². The number of carboxylic acid groups (broad SMARTS) is 1. The highest BCUT2D eigenvalue weighted by atomic mass is 35.5. The molecular formula is C14H14ClNO4S2. The first-order chi connectivity index (χ1) is 10.3. The lowest BCUT2D eigenvalue weighted by Crippen LogP contribution is -2.29. The van der Waals surface area contributed by atoms with E-state index in [-0.39, 0.29) is 28.2 Å². The summed E-state index contributed by atoms with van der Waals surface area (Å²) in [6.45, 7) is 1.94. The second-order valence-corrected chi connectivity index (χ2v) is 9.01. The van der Waals surface area contributed by atoms with E-state index in [2.05, 4.69) is 0 Å². The van der Waals surface area contributed by atoms with Gasteiger partial charge < -0.3 is 5.11 Å². The molecule has 2 aromatic rings. The SMILES string of the molecule is C[C@@H]1CN(S(=O)(=O)c2sc3ccccc3c2Cl)C[C@H]1C(=O)O. The van der Waals surface area contributed by atoms with E-state index in [1.165, 1.54) is 4.31 Å². The summed E-state index contributed by atoms with van der Waals surface area (Å²) in [6.07, 6.45) is 0. The number of rotatable bonds is 3. The number of thiophene rings is 1. The molecule has 0 bridgehead atoms. The molecule has 0 amide bonds. The van der Waals surface area contributed by atoms with Gasteiger partial charge in [0.05, 0.1) is 10.9 Å². The topological polar surface area (TPSA) is 74.7 Å². The van der Waals surface area contributed by atoms with Crippen molar-refractivity contribution in [2.75, 3.05) is 13.1 Å². The predicted octanol–water partition coefficient (Wildman–Crippen LogP) is 2.90. The monoisotopic (exact) mass is 359 g/mol. The van der Waals surface area contributed by atoms with Crippen LogP contribution in [0.15, 0.2) is 28.5 Å². The molecule has 1 fully saturated rings. The summed E-state index contributed by atoms with van der Waals surface area (Å²) >= 11 is 7.36. The van der Waals surface area contributed by atoms with Crippen LogP contribution in [0.3, 0.4) is 0 Å². The summed E-state index contributed by atoms with van der Waals surface area (Å²) in [5.41, 5.74) is 0. The van der Waals surface area contributed by atoms with Gasteiger partial charge in [0.2, 0.25) is 0 Å². The average molecular weight is 360 g/mol. The van der Waals surface area contributed by atoms with Gasteiger partial charge in [-0.25, -0.2) is 8.42 Å². The molecule has 8 heteroatoms. The van der Waals surface area contributed by atoms with E-state index in [0.717, 1.165) is 16.0 Å². The Morgan fingerprint density at radius 1 is 1.36 bits per heavy atom. The Bertz CT molecular complexity index is 846. The molecule has 0 unspecified atom stereocenters. The summed E-state index contributed by atoms with van der Waals surface area (Å²) in [5, 5.41) is 10.1. The Balaban J connectivity index is 2.03. The van der Waals surface area contributed by atoms with Gasteiger partial charge in [-0.05, 0) is 12.0 Å². The maximum absolute atomic E-state index is 12.8. The van der Waals surface area contributed by atoms with Gasteiger partial charge in [0, 0.05) is 23.2 Å². The molecule has 1 aromatic heterocycles. The van der Waals surface area contributed by atoms with Gasteiger partial charge >= 0.3 is 5.97 Å². The van der Waals surface area contributed by atoms with Crippen molar-refractivity contribution in [1.82, 2.24) is 4.31 Å². The van der Waals surface area contributed by atoms with Crippen LogP contribution in [0.2, 0.25) is 5.02 Å². The fourth-order valence-electron chi connectivity index (χ4n) is 2.71. The lowest BCUT2D eigenvalue weighted by Gasteiger charge is -2.14. The zero-order chi connectivity index (χ0) is 16.1. The minimum Gasteiger partial charge on any atom is -0.481 e. The van der Waals surface area contributed by atoms with E-state index in [9.17, 15) is 13.2 Å². The standard InChI is InChI=1S/C14H14ClNO4S2/c1-8-6-16(7-10(8)13(17)18)22(19,20)14-12(15)9-4-2-3-5-11(9)21-14/h2-5,8,10H,6-7H2,1H3,(H,17,18)/t8-,10-/m1/s1. The van der Waals surface area contributed by atoms with Crippen molar-refractivity contribution < 1.29 is 18.3 Å². The Morgan fingerprint density at radius 3 is 2.64 bits per heavy atom. The van der Waals surface area contributed by atoms with E-state index < -0.39 is 21.9 Å². The molecule has 1 aliphatic rings. The van der Waals surface area contributed by atoms with E-state index in [1.807, 2.05) is 12.1 Å². The fourth-order valence-corrected chi connectivity index (χ4v) is 6.54. The van der Waals surface area contributed by atoms with E-state index in [4.69, 9.17) is 16.7 Å². The van der Waals surface area contributed by atoms with Crippen molar-refractivity contribution in [3.63, 3.8) is 0 Å². The van der Waals surface area contributed by atoms with Crippen LogP contribution in [0.4, 0.5) is 0 Å². The lowest BCUT2D eigenvalue weighted by atomic mass is 9.99. The molecule has 0 saturated carbocycles. The summed E-state index contributed by atoms with van der Waals surface area (Å²) in [4.78, 5) is 11.2. The molecule has 0 aliphatic carbocycles. The average Bonchev–Trinajstić information content (AvgIpc) is 3.01. The highest BCUT2D eigenvalue weighted by Crippen LogP contribution is 2.41. The highest BCUT2D eigenvalue weighted by molar-refractivity contribution is 7.91. The molecule has 1 aliphatic heterocycles. The fraction of sp³-hybridized carbons (Fsp3) is 0.357. The van der Waals surface area contributed by atoms with Gasteiger partial charge in [-0.1, -0.05) is 36.7 Å². The van der Waals surface area contributed by atoms with Gasteiger partial charge in [0.15, 0.2) is 4.21 Å². The number of nitrogens with zero attached hydrogens (tertiary/aromatic N) is 1. The minimum absolute atomic E-state index is 0.0105. The zero-order valence-electron chi connectivity index (χ0n) is 11.7. The second kappa shape index (κ2) is 5.49. The van der Waals surface area contributed by atoms with Crippen LogP contribution >= 0.6 is 22.9 Å². The number of carboxylic acids is 1. The lowest BCUT2D eigenvalue weighted by molar-refractivity contribution is -0.142. The molecule has 22 heavy (non-hydrogen) atoms. The molecule has 3 rings (SSSR count). The molecule has 2 atom stereocenters. The number of halogens is 1. The van der Waals surface area contributed by atoms with E-state index >= 15 is 0 Å². The molecule has 118 valence electrons. The number of hydrogen-bond acceptors (Lipinski definition) is 4. The minimum atomic E-state index is -3.77. The summed E-state index contributed by atoms with van der Waals surface area (Å²) in [7, 11) is -3.77. The highest BCUT2D eigenvalue weighted by Gasteiger charge is 2.42. The van der Waals surface area contributed by atoms with Crippen LogP contribution in [0, 0.1) is 11.8 Å². The molecular weight excluding hydrogens is 346 g/mol.